The molecule has 0 spiro atoms. The van der Waals surface area contributed by atoms with E-state index >= 15 is 0 Å². The molecule has 0 heterocycles. The Morgan fingerprint density at radius 3 is 2.50 bits per heavy atom. The number of nitrogens with two attached hydrogens (primary N) is 1. The first-order valence-electron chi connectivity index (χ1n) is 6.89. The lowest BCUT2D eigenvalue weighted by Gasteiger charge is -2.21. The van der Waals surface area contributed by atoms with Crippen molar-refractivity contribution in [3.63, 3.8) is 0 Å². The van der Waals surface area contributed by atoms with E-state index in [2.05, 4.69) is 0 Å². The summed E-state index contributed by atoms with van der Waals surface area (Å²) in [6, 6.07) is 4.62. The summed E-state index contributed by atoms with van der Waals surface area (Å²) in [6.07, 6.45) is 7.31. The highest BCUT2D eigenvalue weighted by Crippen LogP contribution is 2.30. The lowest BCUT2D eigenvalue weighted by molar-refractivity contribution is 0.180. The minimum atomic E-state index is -0.341. The van der Waals surface area contributed by atoms with E-state index in [9.17, 15) is 4.39 Å². The average Bonchev–Trinajstić information content (AvgIpc) is 2.57. The van der Waals surface area contributed by atoms with E-state index in [-0.39, 0.29) is 18.0 Å². The molecule has 0 aromatic heterocycles. The molecule has 1 aromatic carbocycles. The second kappa shape index (κ2) is 6.19. The van der Waals surface area contributed by atoms with Gasteiger partial charge in [0.2, 0.25) is 0 Å². The lowest BCUT2D eigenvalue weighted by atomic mass is 10.1. The van der Waals surface area contributed by atoms with E-state index in [1.165, 1.54) is 31.7 Å². The molecular formula is C15H22FNO. The molecule has 2 rings (SSSR count). The Labute approximate surface area is 108 Å². The monoisotopic (exact) mass is 251 g/mol. The second-order valence-electron chi connectivity index (χ2n) is 5.17. The fourth-order valence-electron chi connectivity index (χ4n) is 2.60. The topological polar surface area (TPSA) is 35.2 Å². The summed E-state index contributed by atoms with van der Waals surface area (Å²) in [6.45, 7) is 1.79. The Morgan fingerprint density at radius 1 is 1.22 bits per heavy atom. The highest BCUT2D eigenvalue weighted by atomic mass is 19.1. The molecule has 0 saturated heterocycles. The molecule has 1 saturated carbocycles. The van der Waals surface area contributed by atoms with E-state index in [0.717, 1.165) is 12.8 Å². The van der Waals surface area contributed by atoms with E-state index in [4.69, 9.17) is 10.5 Å². The van der Waals surface area contributed by atoms with Crippen molar-refractivity contribution in [1.29, 1.82) is 0 Å². The van der Waals surface area contributed by atoms with Crippen molar-refractivity contribution < 1.29 is 9.13 Å². The van der Waals surface area contributed by atoms with Crippen molar-refractivity contribution >= 4 is 0 Å². The Morgan fingerprint density at radius 2 is 1.89 bits per heavy atom. The molecule has 1 atom stereocenters. The van der Waals surface area contributed by atoms with Crippen LogP contribution < -0.4 is 10.5 Å². The van der Waals surface area contributed by atoms with Crippen LogP contribution in [0.3, 0.4) is 0 Å². The predicted octanol–water partition coefficient (Wildman–Crippen LogP) is 3.95. The average molecular weight is 251 g/mol. The molecule has 18 heavy (non-hydrogen) atoms. The molecule has 3 heteroatoms. The second-order valence-corrected chi connectivity index (χ2v) is 5.17. The first-order valence-corrected chi connectivity index (χ1v) is 6.89. The van der Waals surface area contributed by atoms with Gasteiger partial charge in [-0.2, -0.15) is 0 Å². The minimum absolute atomic E-state index is 0.215. The third-order valence-electron chi connectivity index (χ3n) is 3.56. The van der Waals surface area contributed by atoms with Crippen LogP contribution in [0.1, 0.15) is 57.1 Å². The van der Waals surface area contributed by atoms with Crippen LogP contribution >= 0.6 is 0 Å². The summed E-state index contributed by atoms with van der Waals surface area (Å²) in [5, 5.41) is 0. The van der Waals surface area contributed by atoms with Crippen LogP contribution in [0, 0.1) is 5.82 Å². The molecule has 2 N–H and O–H groups in total. The smallest absolute Gasteiger partial charge is 0.131 e. The first kappa shape index (κ1) is 13.3. The number of ether oxygens (including phenoxy) is 1. The number of rotatable bonds is 3. The van der Waals surface area contributed by atoms with Crippen molar-refractivity contribution in [2.24, 2.45) is 5.73 Å². The third-order valence-corrected chi connectivity index (χ3v) is 3.56. The Bertz CT molecular complexity index is 384. The zero-order valence-electron chi connectivity index (χ0n) is 11.0. The molecule has 1 aromatic rings. The third kappa shape index (κ3) is 3.22. The standard InChI is InChI=1S/C15H22FNO/c1-11(17)15-13(16)9-6-10-14(15)18-12-7-4-2-3-5-8-12/h6,9-12H,2-5,7-8,17H2,1H3/t11-/m0/s1. The maximum atomic E-state index is 13.8. The maximum absolute atomic E-state index is 13.8. The normalized spacial score (nSPS) is 19.3. The molecule has 0 radical (unpaired) electrons. The molecule has 0 bridgehead atoms. The first-order chi connectivity index (χ1) is 8.68. The van der Waals surface area contributed by atoms with Gasteiger partial charge in [0.05, 0.1) is 6.10 Å². The summed E-state index contributed by atoms with van der Waals surface area (Å²) >= 11 is 0. The fraction of sp³-hybridized carbons (Fsp3) is 0.600. The predicted molar refractivity (Wildman–Crippen MR) is 71.1 cm³/mol. The van der Waals surface area contributed by atoms with Crippen molar-refractivity contribution in [3.8, 4) is 5.75 Å². The number of benzene rings is 1. The largest absolute Gasteiger partial charge is 0.490 e. The van der Waals surface area contributed by atoms with Gasteiger partial charge in [0.25, 0.3) is 0 Å². The molecule has 0 unspecified atom stereocenters. The number of hydrogen-bond donors (Lipinski definition) is 1. The SMILES string of the molecule is C[C@H](N)c1c(F)cccc1OC1CCCCCC1. The van der Waals surface area contributed by atoms with Crippen LogP contribution in [0.4, 0.5) is 4.39 Å². The molecule has 1 fully saturated rings. The van der Waals surface area contributed by atoms with Gasteiger partial charge in [-0.1, -0.05) is 18.9 Å². The molecule has 0 amide bonds. The summed E-state index contributed by atoms with van der Waals surface area (Å²) in [4.78, 5) is 0. The van der Waals surface area contributed by atoms with Crippen molar-refractivity contribution in [2.75, 3.05) is 0 Å². The number of hydrogen-bond acceptors (Lipinski definition) is 2. The molecule has 1 aliphatic rings. The summed E-state index contributed by atoms with van der Waals surface area (Å²) < 4.78 is 19.8. The van der Waals surface area contributed by atoms with E-state index in [1.807, 2.05) is 6.07 Å². The van der Waals surface area contributed by atoms with Gasteiger partial charge in [0, 0.05) is 11.6 Å². The van der Waals surface area contributed by atoms with Gasteiger partial charge >= 0.3 is 0 Å². The quantitative estimate of drug-likeness (QED) is 0.826. The Hall–Kier alpha value is -1.09. The maximum Gasteiger partial charge on any atom is 0.131 e. The molecule has 1 aliphatic carbocycles. The fourth-order valence-corrected chi connectivity index (χ4v) is 2.60. The van der Waals surface area contributed by atoms with Crippen LogP contribution in [0.2, 0.25) is 0 Å². The lowest BCUT2D eigenvalue weighted by Crippen LogP contribution is -2.18. The van der Waals surface area contributed by atoms with Crippen LogP contribution in [0.25, 0.3) is 0 Å². The highest BCUT2D eigenvalue weighted by Gasteiger charge is 2.18. The van der Waals surface area contributed by atoms with Crippen LogP contribution in [0.15, 0.2) is 18.2 Å². The molecular weight excluding hydrogens is 229 g/mol. The molecule has 2 nitrogen and oxygen atoms in total. The minimum Gasteiger partial charge on any atom is -0.490 e. The number of halogens is 1. The van der Waals surface area contributed by atoms with Gasteiger partial charge in [0.15, 0.2) is 0 Å². The Kier molecular flexibility index (Phi) is 4.59. The summed E-state index contributed by atoms with van der Waals surface area (Å²) in [7, 11) is 0. The van der Waals surface area contributed by atoms with Crippen LogP contribution in [0.5, 0.6) is 5.75 Å². The van der Waals surface area contributed by atoms with Gasteiger partial charge in [-0.05, 0) is 44.7 Å². The van der Waals surface area contributed by atoms with Crippen LogP contribution in [-0.2, 0) is 0 Å². The summed E-state index contributed by atoms with van der Waals surface area (Å²) in [5.41, 5.74) is 6.33. The van der Waals surface area contributed by atoms with Crippen LogP contribution in [-0.4, -0.2) is 6.10 Å². The van der Waals surface area contributed by atoms with Gasteiger partial charge in [-0.3, -0.25) is 0 Å². The van der Waals surface area contributed by atoms with Gasteiger partial charge < -0.3 is 10.5 Å². The van der Waals surface area contributed by atoms with E-state index in [1.54, 1.807) is 13.0 Å². The van der Waals surface area contributed by atoms with Crippen molar-refractivity contribution in [2.45, 2.75) is 57.6 Å². The Balaban J connectivity index is 2.14. The zero-order valence-corrected chi connectivity index (χ0v) is 11.0. The van der Waals surface area contributed by atoms with Gasteiger partial charge in [-0.25, -0.2) is 4.39 Å². The van der Waals surface area contributed by atoms with Crippen molar-refractivity contribution in [1.82, 2.24) is 0 Å². The highest BCUT2D eigenvalue weighted by molar-refractivity contribution is 5.37. The van der Waals surface area contributed by atoms with E-state index < -0.39 is 0 Å². The van der Waals surface area contributed by atoms with Gasteiger partial charge in [0.1, 0.15) is 11.6 Å². The van der Waals surface area contributed by atoms with E-state index in [0.29, 0.717) is 11.3 Å². The summed E-state index contributed by atoms with van der Waals surface area (Å²) in [5.74, 6) is 0.355. The van der Waals surface area contributed by atoms with Gasteiger partial charge in [-0.15, -0.1) is 0 Å². The van der Waals surface area contributed by atoms with Crippen molar-refractivity contribution in [3.05, 3.63) is 29.6 Å². The zero-order chi connectivity index (χ0) is 13.0. The molecule has 100 valence electrons. The molecule has 0 aliphatic heterocycles.